The average molecular weight is 306 g/mol. The van der Waals surface area contributed by atoms with Crippen molar-refractivity contribution in [2.45, 2.75) is 19.4 Å². The van der Waals surface area contributed by atoms with Crippen molar-refractivity contribution in [2.24, 2.45) is 5.92 Å². The van der Waals surface area contributed by atoms with Gasteiger partial charge in [0.05, 0.1) is 6.20 Å². The Labute approximate surface area is 128 Å². The van der Waals surface area contributed by atoms with Crippen molar-refractivity contribution >= 4 is 16.5 Å². The number of aromatic nitrogens is 2. The molecule has 4 nitrogen and oxygen atoms in total. The number of nitrogens with one attached hydrogen (secondary N) is 1. The van der Waals surface area contributed by atoms with Crippen LogP contribution in [0, 0.1) is 11.7 Å². The summed E-state index contributed by atoms with van der Waals surface area (Å²) in [7, 11) is 1.89. The molecule has 0 amide bonds. The molecule has 112 valence electrons. The van der Waals surface area contributed by atoms with Crippen molar-refractivity contribution in [1.82, 2.24) is 14.9 Å². The molecular weight excluding hydrogens is 287 g/mol. The number of pyridine rings is 1. The minimum Gasteiger partial charge on any atom is -0.365 e. The summed E-state index contributed by atoms with van der Waals surface area (Å²) >= 11 is 1.70. The van der Waals surface area contributed by atoms with Gasteiger partial charge in [-0.3, -0.25) is 9.88 Å². The van der Waals surface area contributed by atoms with Crippen molar-refractivity contribution in [3.05, 3.63) is 40.9 Å². The Morgan fingerprint density at radius 2 is 2.33 bits per heavy atom. The van der Waals surface area contributed by atoms with Crippen LogP contribution in [0.4, 0.5) is 9.52 Å². The van der Waals surface area contributed by atoms with E-state index in [0.717, 1.165) is 43.2 Å². The molecule has 0 bridgehead atoms. The number of halogens is 1. The normalized spacial score (nSPS) is 19.0. The fourth-order valence-corrected chi connectivity index (χ4v) is 3.65. The maximum Gasteiger partial charge on any atom is 0.182 e. The molecule has 0 aliphatic carbocycles. The highest BCUT2D eigenvalue weighted by atomic mass is 32.1. The highest BCUT2D eigenvalue weighted by molar-refractivity contribution is 7.15. The van der Waals surface area contributed by atoms with E-state index in [1.165, 1.54) is 11.1 Å². The monoisotopic (exact) mass is 306 g/mol. The zero-order chi connectivity index (χ0) is 14.7. The van der Waals surface area contributed by atoms with Gasteiger partial charge in [-0.05, 0) is 36.9 Å². The molecule has 1 aliphatic heterocycles. The lowest BCUT2D eigenvalue weighted by atomic mass is 10.00. The molecular formula is C15H19FN4S. The van der Waals surface area contributed by atoms with Gasteiger partial charge in [-0.15, -0.1) is 11.3 Å². The SMILES string of the molecule is CNc1ncc(CN2CCC(Cc3cncc(F)c3)C2)s1. The Balaban J connectivity index is 1.53. The fraction of sp³-hybridized carbons (Fsp3) is 0.467. The molecule has 2 aromatic rings. The van der Waals surface area contributed by atoms with E-state index in [2.05, 4.69) is 20.2 Å². The predicted octanol–water partition coefficient (Wildman–Crippen LogP) is 2.78. The number of nitrogens with zero attached hydrogens (tertiary/aromatic N) is 3. The topological polar surface area (TPSA) is 41.1 Å². The first-order valence-electron chi connectivity index (χ1n) is 7.17. The lowest BCUT2D eigenvalue weighted by Gasteiger charge is -2.14. The van der Waals surface area contributed by atoms with Gasteiger partial charge in [0.25, 0.3) is 0 Å². The summed E-state index contributed by atoms with van der Waals surface area (Å²) in [5, 5.41) is 4.03. The van der Waals surface area contributed by atoms with Crippen molar-refractivity contribution in [2.75, 3.05) is 25.5 Å². The van der Waals surface area contributed by atoms with Gasteiger partial charge in [0.15, 0.2) is 5.13 Å². The molecule has 0 spiro atoms. The molecule has 1 N–H and O–H groups in total. The van der Waals surface area contributed by atoms with Gasteiger partial charge in [-0.1, -0.05) is 0 Å². The average Bonchev–Trinajstić information content (AvgIpc) is 3.09. The van der Waals surface area contributed by atoms with Gasteiger partial charge in [-0.25, -0.2) is 9.37 Å². The van der Waals surface area contributed by atoms with Gasteiger partial charge in [0, 0.05) is 37.4 Å². The van der Waals surface area contributed by atoms with Crippen molar-refractivity contribution in [3.63, 3.8) is 0 Å². The van der Waals surface area contributed by atoms with Crippen LogP contribution in [0.3, 0.4) is 0 Å². The third-order valence-corrected chi connectivity index (χ3v) is 4.80. The molecule has 1 unspecified atom stereocenters. The third kappa shape index (κ3) is 3.77. The Kier molecular flexibility index (Phi) is 4.45. The molecule has 3 heterocycles. The van der Waals surface area contributed by atoms with E-state index in [1.807, 2.05) is 13.2 Å². The summed E-state index contributed by atoms with van der Waals surface area (Å²) in [6, 6.07) is 1.60. The summed E-state index contributed by atoms with van der Waals surface area (Å²) in [6.07, 6.45) is 7.04. The van der Waals surface area contributed by atoms with Gasteiger partial charge in [0.2, 0.25) is 0 Å². The smallest absolute Gasteiger partial charge is 0.182 e. The first-order valence-corrected chi connectivity index (χ1v) is 7.99. The zero-order valence-corrected chi connectivity index (χ0v) is 12.9. The van der Waals surface area contributed by atoms with Crippen LogP contribution in [0.15, 0.2) is 24.7 Å². The summed E-state index contributed by atoms with van der Waals surface area (Å²) in [4.78, 5) is 12.0. The second kappa shape index (κ2) is 6.49. The van der Waals surface area contributed by atoms with E-state index in [4.69, 9.17) is 0 Å². The van der Waals surface area contributed by atoms with Gasteiger partial charge >= 0.3 is 0 Å². The van der Waals surface area contributed by atoms with Crippen LogP contribution < -0.4 is 5.32 Å². The molecule has 1 aliphatic rings. The molecule has 3 rings (SSSR count). The van der Waals surface area contributed by atoms with E-state index < -0.39 is 0 Å². The molecule has 1 fully saturated rings. The highest BCUT2D eigenvalue weighted by Gasteiger charge is 2.23. The van der Waals surface area contributed by atoms with Crippen LogP contribution in [0.1, 0.15) is 16.9 Å². The maximum absolute atomic E-state index is 13.2. The van der Waals surface area contributed by atoms with Crippen LogP contribution >= 0.6 is 11.3 Å². The second-order valence-electron chi connectivity index (χ2n) is 5.49. The Morgan fingerprint density at radius 1 is 1.43 bits per heavy atom. The molecule has 2 aromatic heterocycles. The molecule has 0 aromatic carbocycles. The van der Waals surface area contributed by atoms with Crippen LogP contribution in [0.2, 0.25) is 0 Å². The van der Waals surface area contributed by atoms with Gasteiger partial charge in [-0.2, -0.15) is 0 Å². The van der Waals surface area contributed by atoms with Crippen molar-refractivity contribution < 1.29 is 4.39 Å². The van der Waals surface area contributed by atoms with Crippen LogP contribution in [0.5, 0.6) is 0 Å². The molecule has 1 saturated heterocycles. The first kappa shape index (κ1) is 14.4. The summed E-state index contributed by atoms with van der Waals surface area (Å²) in [6.45, 7) is 3.11. The lowest BCUT2D eigenvalue weighted by molar-refractivity contribution is 0.319. The van der Waals surface area contributed by atoms with E-state index in [1.54, 1.807) is 23.6 Å². The Hall–Kier alpha value is -1.53. The first-order chi connectivity index (χ1) is 10.2. The molecule has 1 atom stereocenters. The van der Waals surface area contributed by atoms with E-state index in [0.29, 0.717) is 5.92 Å². The molecule has 21 heavy (non-hydrogen) atoms. The number of rotatable bonds is 5. The minimum absolute atomic E-state index is 0.244. The predicted molar refractivity (Wildman–Crippen MR) is 82.9 cm³/mol. The zero-order valence-electron chi connectivity index (χ0n) is 12.1. The standard InChI is InChI=1S/C15H19FN4S/c1-17-15-19-8-14(21-15)10-20-3-2-11(9-20)4-12-5-13(16)7-18-6-12/h5-8,11H,2-4,9-10H2,1H3,(H,17,19). The van der Waals surface area contributed by atoms with Crippen LogP contribution in [-0.4, -0.2) is 35.0 Å². The molecule has 6 heteroatoms. The van der Waals surface area contributed by atoms with E-state index >= 15 is 0 Å². The number of thiazole rings is 1. The van der Waals surface area contributed by atoms with Crippen molar-refractivity contribution in [3.8, 4) is 0 Å². The highest BCUT2D eigenvalue weighted by Crippen LogP contribution is 2.25. The van der Waals surface area contributed by atoms with Crippen LogP contribution in [-0.2, 0) is 13.0 Å². The number of hydrogen-bond donors (Lipinski definition) is 1. The molecule has 0 saturated carbocycles. The summed E-state index contributed by atoms with van der Waals surface area (Å²) in [5.41, 5.74) is 0.997. The fourth-order valence-electron chi connectivity index (χ4n) is 2.84. The summed E-state index contributed by atoms with van der Waals surface area (Å²) < 4.78 is 13.2. The lowest BCUT2D eigenvalue weighted by Crippen LogP contribution is -2.20. The Bertz CT molecular complexity index is 601. The van der Waals surface area contributed by atoms with Gasteiger partial charge in [0.1, 0.15) is 5.82 Å². The quantitative estimate of drug-likeness (QED) is 0.922. The summed E-state index contributed by atoms with van der Waals surface area (Å²) in [5.74, 6) is 0.344. The third-order valence-electron chi connectivity index (χ3n) is 3.80. The van der Waals surface area contributed by atoms with Crippen molar-refractivity contribution in [1.29, 1.82) is 0 Å². The van der Waals surface area contributed by atoms with E-state index in [-0.39, 0.29) is 5.82 Å². The Morgan fingerprint density at radius 3 is 3.10 bits per heavy atom. The largest absolute Gasteiger partial charge is 0.365 e. The van der Waals surface area contributed by atoms with Crippen LogP contribution in [0.25, 0.3) is 0 Å². The number of hydrogen-bond acceptors (Lipinski definition) is 5. The minimum atomic E-state index is -0.244. The maximum atomic E-state index is 13.2. The molecule has 0 radical (unpaired) electrons. The van der Waals surface area contributed by atoms with Gasteiger partial charge < -0.3 is 5.32 Å². The number of likely N-dealkylation sites (tertiary alicyclic amines) is 1. The second-order valence-corrected chi connectivity index (χ2v) is 6.60. The van der Waals surface area contributed by atoms with E-state index in [9.17, 15) is 4.39 Å². The number of anilines is 1.